The van der Waals surface area contributed by atoms with Crippen LogP contribution < -0.4 is 5.73 Å². The van der Waals surface area contributed by atoms with E-state index in [1.165, 1.54) is 0 Å². The molecule has 0 amide bonds. The SMILES string of the molecule is Cn1ncc(-c2nc3cnccc3s2)c1N. The van der Waals surface area contributed by atoms with Crippen molar-refractivity contribution in [2.75, 3.05) is 5.73 Å². The van der Waals surface area contributed by atoms with Gasteiger partial charge in [0.15, 0.2) is 0 Å². The molecule has 0 saturated carbocycles. The van der Waals surface area contributed by atoms with Gasteiger partial charge in [0.2, 0.25) is 0 Å². The number of fused-ring (bicyclic) bond motifs is 1. The summed E-state index contributed by atoms with van der Waals surface area (Å²) in [5.74, 6) is 0.631. The Bertz CT molecular complexity index is 621. The zero-order chi connectivity index (χ0) is 11.1. The van der Waals surface area contributed by atoms with Gasteiger partial charge in [0, 0.05) is 13.2 Å². The van der Waals surface area contributed by atoms with Gasteiger partial charge in [-0.25, -0.2) is 4.98 Å². The Hall–Kier alpha value is -1.95. The van der Waals surface area contributed by atoms with Gasteiger partial charge in [-0.3, -0.25) is 9.67 Å². The van der Waals surface area contributed by atoms with E-state index in [1.807, 2.05) is 13.1 Å². The van der Waals surface area contributed by atoms with E-state index in [1.54, 1.807) is 34.6 Å². The molecule has 0 aliphatic heterocycles. The predicted octanol–water partition coefficient (Wildman–Crippen LogP) is 1.67. The lowest BCUT2D eigenvalue weighted by Gasteiger charge is -1.94. The normalized spacial score (nSPS) is 11.1. The minimum absolute atomic E-state index is 0.631. The first-order valence-corrected chi connectivity index (χ1v) is 5.56. The number of thiazole rings is 1. The summed E-state index contributed by atoms with van der Waals surface area (Å²) < 4.78 is 2.74. The van der Waals surface area contributed by atoms with Crippen molar-refractivity contribution in [1.82, 2.24) is 19.7 Å². The van der Waals surface area contributed by atoms with Crippen LogP contribution in [0.25, 0.3) is 20.8 Å². The van der Waals surface area contributed by atoms with E-state index in [0.717, 1.165) is 20.8 Å². The summed E-state index contributed by atoms with van der Waals surface area (Å²) in [6, 6.07) is 1.95. The topological polar surface area (TPSA) is 69.6 Å². The molecule has 3 aromatic rings. The van der Waals surface area contributed by atoms with Crippen molar-refractivity contribution in [1.29, 1.82) is 0 Å². The van der Waals surface area contributed by atoms with Gasteiger partial charge in [-0.05, 0) is 6.07 Å². The van der Waals surface area contributed by atoms with Crippen LogP contribution in [-0.2, 0) is 7.05 Å². The van der Waals surface area contributed by atoms with Crippen LogP contribution >= 0.6 is 11.3 Å². The predicted molar refractivity (Wildman–Crippen MR) is 64.0 cm³/mol. The fourth-order valence-electron chi connectivity index (χ4n) is 1.51. The monoisotopic (exact) mass is 231 g/mol. The van der Waals surface area contributed by atoms with Crippen LogP contribution in [0, 0.1) is 0 Å². The Morgan fingerprint density at radius 1 is 1.38 bits per heavy atom. The Morgan fingerprint density at radius 3 is 2.94 bits per heavy atom. The molecule has 0 atom stereocenters. The number of nitrogen functional groups attached to an aromatic ring is 1. The molecule has 0 aliphatic rings. The van der Waals surface area contributed by atoms with E-state index in [-0.39, 0.29) is 0 Å². The van der Waals surface area contributed by atoms with Crippen LogP contribution in [0.4, 0.5) is 5.82 Å². The number of aryl methyl sites for hydroxylation is 1. The third-order valence-corrected chi connectivity index (χ3v) is 3.47. The number of hydrogen-bond acceptors (Lipinski definition) is 5. The van der Waals surface area contributed by atoms with Crippen LogP contribution in [0.1, 0.15) is 0 Å². The maximum absolute atomic E-state index is 5.91. The summed E-state index contributed by atoms with van der Waals surface area (Å²) in [4.78, 5) is 8.52. The lowest BCUT2D eigenvalue weighted by molar-refractivity contribution is 0.779. The van der Waals surface area contributed by atoms with Crippen molar-refractivity contribution < 1.29 is 0 Å². The second-order valence-electron chi connectivity index (χ2n) is 3.43. The Morgan fingerprint density at radius 2 is 2.25 bits per heavy atom. The van der Waals surface area contributed by atoms with Gasteiger partial charge in [0.25, 0.3) is 0 Å². The molecule has 2 N–H and O–H groups in total. The van der Waals surface area contributed by atoms with Gasteiger partial charge in [0.05, 0.1) is 22.7 Å². The summed E-state index contributed by atoms with van der Waals surface area (Å²) in [5, 5.41) is 4.99. The molecule has 6 heteroatoms. The van der Waals surface area contributed by atoms with E-state index < -0.39 is 0 Å². The molecule has 0 saturated heterocycles. The number of nitrogens with two attached hydrogens (primary N) is 1. The molecule has 80 valence electrons. The molecule has 0 unspecified atom stereocenters. The summed E-state index contributed by atoms with van der Waals surface area (Å²) in [5.41, 5.74) is 7.68. The number of pyridine rings is 1. The minimum atomic E-state index is 0.631. The molecule has 16 heavy (non-hydrogen) atoms. The van der Waals surface area contributed by atoms with Gasteiger partial charge in [-0.15, -0.1) is 11.3 Å². The maximum Gasteiger partial charge on any atom is 0.131 e. The number of rotatable bonds is 1. The minimum Gasteiger partial charge on any atom is -0.383 e. The van der Waals surface area contributed by atoms with E-state index >= 15 is 0 Å². The largest absolute Gasteiger partial charge is 0.383 e. The zero-order valence-corrected chi connectivity index (χ0v) is 9.40. The summed E-state index contributed by atoms with van der Waals surface area (Å²) in [7, 11) is 1.81. The van der Waals surface area contributed by atoms with Crippen molar-refractivity contribution in [2.24, 2.45) is 7.05 Å². The van der Waals surface area contributed by atoms with Crippen LogP contribution in [0.2, 0.25) is 0 Å². The molecule has 3 heterocycles. The van der Waals surface area contributed by atoms with E-state index in [2.05, 4.69) is 15.1 Å². The van der Waals surface area contributed by atoms with Gasteiger partial charge in [0.1, 0.15) is 16.3 Å². The molecule has 5 nitrogen and oxygen atoms in total. The molecular formula is C10H9N5S. The first-order chi connectivity index (χ1) is 7.75. The highest BCUT2D eigenvalue weighted by Gasteiger charge is 2.12. The Kier molecular flexibility index (Phi) is 1.90. The number of aromatic nitrogens is 4. The van der Waals surface area contributed by atoms with Crippen LogP contribution in [0.5, 0.6) is 0 Å². The number of hydrogen-bond donors (Lipinski definition) is 1. The van der Waals surface area contributed by atoms with Crippen molar-refractivity contribution >= 4 is 27.4 Å². The van der Waals surface area contributed by atoms with Crippen LogP contribution in [-0.4, -0.2) is 19.7 Å². The first-order valence-electron chi connectivity index (χ1n) is 4.74. The molecule has 0 aromatic carbocycles. The van der Waals surface area contributed by atoms with Gasteiger partial charge >= 0.3 is 0 Å². The average Bonchev–Trinajstić information content (AvgIpc) is 2.84. The number of nitrogens with zero attached hydrogens (tertiary/aromatic N) is 4. The van der Waals surface area contributed by atoms with E-state index in [4.69, 9.17) is 5.73 Å². The van der Waals surface area contributed by atoms with E-state index in [0.29, 0.717) is 5.82 Å². The average molecular weight is 231 g/mol. The van der Waals surface area contributed by atoms with Crippen molar-refractivity contribution in [2.45, 2.75) is 0 Å². The molecule has 3 aromatic heterocycles. The second kappa shape index (κ2) is 3.28. The zero-order valence-electron chi connectivity index (χ0n) is 8.58. The molecular weight excluding hydrogens is 222 g/mol. The highest BCUT2D eigenvalue weighted by molar-refractivity contribution is 7.21. The highest BCUT2D eigenvalue weighted by Crippen LogP contribution is 2.32. The molecule has 0 fully saturated rings. The smallest absolute Gasteiger partial charge is 0.131 e. The first kappa shape index (κ1) is 9.29. The summed E-state index contributed by atoms with van der Waals surface area (Å²) in [6.07, 6.45) is 5.25. The fraction of sp³-hybridized carbons (Fsp3) is 0.100. The van der Waals surface area contributed by atoms with Crippen LogP contribution in [0.15, 0.2) is 24.7 Å². The highest BCUT2D eigenvalue weighted by atomic mass is 32.1. The standard InChI is InChI=1S/C10H9N5S/c1-15-9(11)6(4-13-15)10-14-7-5-12-3-2-8(7)16-10/h2-5H,11H2,1H3. The lowest BCUT2D eigenvalue weighted by atomic mass is 10.3. The molecule has 3 rings (SSSR count). The maximum atomic E-state index is 5.91. The van der Waals surface area contributed by atoms with Crippen molar-refractivity contribution in [3.8, 4) is 10.6 Å². The molecule has 0 aliphatic carbocycles. The molecule has 0 spiro atoms. The third kappa shape index (κ3) is 1.27. The Balaban J connectivity index is 2.23. The van der Waals surface area contributed by atoms with Gasteiger partial charge in [-0.2, -0.15) is 5.10 Å². The summed E-state index contributed by atoms with van der Waals surface area (Å²) >= 11 is 1.59. The quantitative estimate of drug-likeness (QED) is 0.691. The molecule has 0 radical (unpaired) electrons. The number of anilines is 1. The van der Waals surface area contributed by atoms with Gasteiger partial charge in [-0.1, -0.05) is 0 Å². The summed E-state index contributed by atoms with van der Waals surface area (Å²) in [6.45, 7) is 0. The third-order valence-electron chi connectivity index (χ3n) is 2.40. The van der Waals surface area contributed by atoms with Crippen molar-refractivity contribution in [3.05, 3.63) is 24.7 Å². The van der Waals surface area contributed by atoms with Crippen LogP contribution in [0.3, 0.4) is 0 Å². The van der Waals surface area contributed by atoms with Gasteiger partial charge < -0.3 is 5.73 Å². The second-order valence-corrected chi connectivity index (χ2v) is 4.46. The fourth-order valence-corrected chi connectivity index (χ4v) is 2.46. The van der Waals surface area contributed by atoms with E-state index in [9.17, 15) is 0 Å². The Labute approximate surface area is 95.6 Å². The lowest BCUT2D eigenvalue weighted by Crippen LogP contribution is -1.97. The molecule has 0 bridgehead atoms. The van der Waals surface area contributed by atoms with Crippen molar-refractivity contribution in [3.63, 3.8) is 0 Å².